The molecular weight excluding hydrogens is 245 g/mol. The summed E-state index contributed by atoms with van der Waals surface area (Å²) in [6.45, 7) is 1.79. The smallest absolute Gasteiger partial charge is 0.425 e. The van der Waals surface area contributed by atoms with E-state index in [9.17, 15) is 9.60 Å². The first-order valence-electron chi connectivity index (χ1n) is 6.32. The third kappa shape index (κ3) is 2.38. The van der Waals surface area contributed by atoms with E-state index in [1.54, 1.807) is 25.1 Å². The lowest BCUT2D eigenvalue weighted by Gasteiger charge is -2.07. The van der Waals surface area contributed by atoms with Gasteiger partial charge in [0.05, 0.1) is 5.56 Å². The van der Waals surface area contributed by atoms with Gasteiger partial charge in [0.1, 0.15) is 11.9 Å². The predicted molar refractivity (Wildman–Crippen MR) is 67.6 cm³/mol. The Labute approximate surface area is 110 Å². The van der Waals surface area contributed by atoms with Gasteiger partial charge in [0.15, 0.2) is 0 Å². The van der Waals surface area contributed by atoms with Crippen molar-refractivity contribution in [3.8, 4) is 17.0 Å². The van der Waals surface area contributed by atoms with Crippen LogP contribution in [0, 0.1) is 12.7 Å². The normalized spacial score (nSPS) is 14.4. The third-order valence-electron chi connectivity index (χ3n) is 3.19. The van der Waals surface area contributed by atoms with Crippen LogP contribution in [0.1, 0.15) is 18.5 Å². The SMILES string of the molecule is Cc1ccc(-c2cccc(F)c2)c(OC2CC2)[n+]1O. The van der Waals surface area contributed by atoms with Crippen LogP contribution in [-0.2, 0) is 0 Å². The molecule has 1 fully saturated rings. The highest BCUT2D eigenvalue weighted by Crippen LogP contribution is 2.32. The maximum atomic E-state index is 13.3. The van der Waals surface area contributed by atoms with E-state index in [0.717, 1.165) is 17.6 Å². The van der Waals surface area contributed by atoms with Crippen LogP contribution in [0.3, 0.4) is 0 Å². The second kappa shape index (κ2) is 4.53. The summed E-state index contributed by atoms with van der Waals surface area (Å²) in [6.07, 6.45) is 2.15. The zero-order chi connectivity index (χ0) is 13.4. The maximum Gasteiger partial charge on any atom is 0.425 e. The number of hydrogen-bond acceptors (Lipinski definition) is 2. The van der Waals surface area contributed by atoms with Crippen LogP contribution in [0.15, 0.2) is 36.4 Å². The third-order valence-corrected chi connectivity index (χ3v) is 3.19. The standard InChI is InChI=1S/C15H15FNO2/c1-10-5-8-14(11-3-2-4-12(16)9-11)15(17(10)18)19-13-6-7-13/h2-5,8-9,13,18H,6-7H2,1H3/q+1. The molecule has 0 unspecified atom stereocenters. The Kier molecular flexibility index (Phi) is 2.85. The van der Waals surface area contributed by atoms with Crippen LogP contribution in [0.5, 0.6) is 5.88 Å². The zero-order valence-corrected chi connectivity index (χ0v) is 10.6. The number of halogens is 1. The highest BCUT2D eigenvalue weighted by molar-refractivity contribution is 5.67. The van der Waals surface area contributed by atoms with Crippen molar-refractivity contribution in [1.29, 1.82) is 0 Å². The van der Waals surface area contributed by atoms with Crippen molar-refractivity contribution < 1.29 is 19.1 Å². The van der Waals surface area contributed by atoms with Crippen LogP contribution in [0.4, 0.5) is 4.39 Å². The highest BCUT2D eigenvalue weighted by atomic mass is 19.1. The van der Waals surface area contributed by atoms with Crippen LogP contribution in [0.25, 0.3) is 11.1 Å². The summed E-state index contributed by atoms with van der Waals surface area (Å²) >= 11 is 0. The first-order chi connectivity index (χ1) is 9.15. The van der Waals surface area contributed by atoms with E-state index in [1.807, 2.05) is 6.07 Å². The first-order valence-corrected chi connectivity index (χ1v) is 6.32. The summed E-state index contributed by atoms with van der Waals surface area (Å²) < 4.78 is 20.1. The van der Waals surface area contributed by atoms with Crippen molar-refractivity contribution in [2.24, 2.45) is 0 Å². The number of ether oxygens (including phenoxy) is 1. The topological polar surface area (TPSA) is 33.3 Å². The average molecular weight is 260 g/mol. The molecule has 0 saturated heterocycles. The summed E-state index contributed by atoms with van der Waals surface area (Å²) in [7, 11) is 0. The second-order valence-electron chi connectivity index (χ2n) is 4.83. The minimum Gasteiger partial charge on any atom is -0.437 e. The van der Waals surface area contributed by atoms with E-state index in [4.69, 9.17) is 4.74 Å². The predicted octanol–water partition coefficient (Wildman–Crippen LogP) is 2.87. The number of rotatable bonds is 3. The first kappa shape index (κ1) is 12.0. The zero-order valence-electron chi connectivity index (χ0n) is 10.6. The number of nitrogens with zero attached hydrogens (tertiary/aromatic N) is 1. The quantitative estimate of drug-likeness (QED) is 0.680. The lowest BCUT2D eigenvalue weighted by Crippen LogP contribution is -2.36. The summed E-state index contributed by atoms with van der Waals surface area (Å²) in [6, 6.07) is 9.89. The average Bonchev–Trinajstić information content (AvgIpc) is 3.19. The van der Waals surface area contributed by atoms with Gasteiger partial charge in [-0.05, 0) is 36.6 Å². The van der Waals surface area contributed by atoms with Gasteiger partial charge in [0.25, 0.3) is 0 Å². The molecule has 0 spiro atoms. The fraction of sp³-hybridized carbons (Fsp3) is 0.267. The van der Waals surface area contributed by atoms with Gasteiger partial charge in [-0.15, -0.1) is 0 Å². The minimum absolute atomic E-state index is 0.160. The Morgan fingerprint density at radius 3 is 2.74 bits per heavy atom. The Bertz CT molecular complexity index is 624. The van der Waals surface area contributed by atoms with E-state index in [2.05, 4.69) is 0 Å². The van der Waals surface area contributed by atoms with Crippen LogP contribution >= 0.6 is 0 Å². The van der Waals surface area contributed by atoms with Crippen LogP contribution < -0.4 is 9.47 Å². The van der Waals surface area contributed by atoms with Crippen molar-refractivity contribution in [3.05, 3.63) is 47.9 Å². The summed E-state index contributed by atoms with van der Waals surface area (Å²) in [4.78, 5) is 0. The minimum atomic E-state index is -0.306. The number of benzene rings is 1. The molecular formula is C15H15FNO2+. The molecule has 1 aliphatic rings. The van der Waals surface area contributed by atoms with Gasteiger partial charge in [-0.2, -0.15) is 0 Å². The van der Waals surface area contributed by atoms with E-state index < -0.39 is 0 Å². The summed E-state index contributed by atoms with van der Waals surface area (Å²) in [5.41, 5.74) is 2.06. The molecule has 0 atom stereocenters. The van der Waals surface area contributed by atoms with Crippen molar-refractivity contribution >= 4 is 0 Å². The number of aromatic nitrogens is 1. The van der Waals surface area contributed by atoms with Gasteiger partial charge < -0.3 is 4.74 Å². The molecule has 0 bridgehead atoms. The number of pyridine rings is 1. The molecule has 19 heavy (non-hydrogen) atoms. The number of hydrogen-bond donors (Lipinski definition) is 1. The van der Waals surface area contributed by atoms with Gasteiger partial charge in [-0.3, -0.25) is 5.21 Å². The summed E-state index contributed by atoms with van der Waals surface area (Å²) in [5, 5.41) is 10.1. The molecule has 2 aromatic rings. The maximum absolute atomic E-state index is 13.3. The fourth-order valence-electron chi connectivity index (χ4n) is 1.95. The molecule has 98 valence electrons. The van der Waals surface area contributed by atoms with Gasteiger partial charge in [0, 0.05) is 17.7 Å². The largest absolute Gasteiger partial charge is 0.437 e. The molecule has 1 heterocycles. The molecule has 1 N–H and O–H groups in total. The Morgan fingerprint density at radius 1 is 1.26 bits per heavy atom. The van der Waals surface area contributed by atoms with E-state index in [0.29, 0.717) is 22.7 Å². The van der Waals surface area contributed by atoms with Gasteiger partial charge >= 0.3 is 5.88 Å². The molecule has 3 rings (SSSR count). The molecule has 0 amide bonds. The van der Waals surface area contributed by atoms with Crippen molar-refractivity contribution in [2.75, 3.05) is 0 Å². The summed E-state index contributed by atoms with van der Waals surface area (Å²) in [5.74, 6) is 0.0769. The molecule has 3 nitrogen and oxygen atoms in total. The Balaban J connectivity index is 2.11. The molecule has 0 radical (unpaired) electrons. The molecule has 1 aliphatic carbocycles. The van der Waals surface area contributed by atoms with Crippen molar-refractivity contribution in [2.45, 2.75) is 25.9 Å². The lowest BCUT2D eigenvalue weighted by molar-refractivity contribution is -0.910. The van der Waals surface area contributed by atoms with Crippen molar-refractivity contribution in [1.82, 2.24) is 0 Å². The lowest BCUT2D eigenvalue weighted by atomic mass is 10.1. The van der Waals surface area contributed by atoms with Gasteiger partial charge in [-0.25, -0.2) is 4.39 Å². The van der Waals surface area contributed by atoms with Crippen molar-refractivity contribution in [3.63, 3.8) is 0 Å². The monoisotopic (exact) mass is 260 g/mol. The molecule has 0 aliphatic heterocycles. The van der Waals surface area contributed by atoms with E-state index in [1.165, 1.54) is 12.1 Å². The van der Waals surface area contributed by atoms with Gasteiger partial charge in [0.2, 0.25) is 5.69 Å². The van der Waals surface area contributed by atoms with Crippen LogP contribution in [0.2, 0.25) is 0 Å². The second-order valence-corrected chi connectivity index (χ2v) is 4.83. The molecule has 4 heteroatoms. The molecule has 1 aromatic heterocycles. The fourth-order valence-corrected chi connectivity index (χ4v) is 1.95. The molecule has 1 saturated carbocycles. The van der Waals surface area contributed by atoms with E-state index in [-0.39, 0.29) is 11.9 Å². The Morgan fingerprint density at radius 2 is 2.05 bits per heavy atom. The van der Waals surface area contributed by atoms with Gasteiger partial charge in [-0.1, -0.05) is 12.1 Å². The molecule has 1 aromatic carbocycles. The van der Waals surface area contributed by atoms with Crippen LogP contribution in [-0.4, -0.2) is 11.3 Å². The number of aryl methyl sites for hydroxylation is 1. The van der Waals surface area contributed by atoms with E-state index >= 15 is 0 Å². The highest BCUT2D eigenvalue weighted by Gasteiger charge is 2.31. The Hall–Kier alpha value is -2.10.